The van der Waals surface area contributed by atoms with Crippen molar-refractivity contribution in [2.24, 2.45) is 7.05 Å². The van der Waals surface area contributed by atoms with E-state index in [2.05, 4.69) is 10.1 Å². The smallest absolute Gasteiger partial charge is 0.331 e. The molecule has 3 aromatic rings. The number of halogens is 1. The number of benzene rings is 1. The van der Waals surface area contributed by atoms with Gasteiger partial charge in [0.05, 0.1) is 0 Å². The molecule has 3 rings (SSSR count). The van der Waals surface area contributed by atoms with Gasteiger partial charge in [0.2, 0.25) is 5.89 Å². The molecule has 0 aliphatic carbocycles. The van der Waals surface area contributed by atoms with E-state index in [-0.39, 0.29) is 12.4 Å². The maximum atomic E-state index is 12.2. The highest BCUT2D eigenvalue weighted by Gasteiger charge is 2.11. The van der Waals surface area contributed by atoms with Gasteiger partial charge in [-0.2, -0.15) is 4.98 Å². The van der Waals surface area contributed by atoms with Gasteiger partial charge >= 0.3 is 5.69 Å². The Bertz CT molecular complexity index is 1040. The van der Waals surface area contributed by atoms with Crippen LogP contribution >= 0.6 is 11.6 Å². The number of rotatable bonds is 4. The molecule has 2 heterocycles. The number of aryl methyl sites for hydroxylation is 1. The van der Waals surface area contributed by atoms with Crippen molar-refractivity contribution in [3.63, 3.8) is 0 Å². The predicted octanol–water partition coefficient (Wildman–Crippen LogP) is 2.11. The summed E-state index contributed by atoms with van der Waals surface area (Å²) in [5.41, 5.74) is 0.682. The SMILES string of the molecule is Cc1cc(=O)n(Cc2nc(/C=C/c3ccc(Cl)cc3)no2)c(=O)n1C. The Morgan fingerprint density at radius 1 is 1.20 bits per heavy atom. The third kappa shape index (κ3) is 3.77. The normalized spacial score (nSPS) is 11.3. The van der Waals surface area contributed by atoms with Crippen molar-refractivity contribution in [3.8, 4) is 0 Å². The summed E-state index contributed by atoms with van der Waals surface area (Å²) < 4.78 is 7.55. The van der Waals surface area contributed by atoms with Crippen LogP contribution in [0.5, 0.6) is 0 Å². The van der Waals surface area contributed by atoms with Crippen molar-refractivity contribution in [3.05, 3.63) is 79.2 Å². The molecule has 0 N–H and O–H groups in total. The number of hydrogen-bond acceptors (Lipinski definition) is 5. The van der Waals surface area contributed by atoms with Gasteiger partial charge in [-0.05, 0) is 30.7 Å². The molecular formula is C17H15ClN4O3. The Balaban J connectivity index is 1.81. The number of hydrogen-bond donors (Lipinski definition) is 0. The third-order valence-corrected chi connectivity index (χ3v) is 3.97. The molecule has 0 bridgehead atoms. The lowest BCUT2D eigenvalue weighted by Gasteiger charge is -2.06. The Morgan fingerprint density at radius 3 is 2.64 bits per heavy atom. The molecule has 1 aromatic carbocycles. The van der Waals surface area contributed by atoms with E-state index in [9.17, 15) is 9.59 Å². The van der Waals surface area contributed by atoms with Crippen LogP contribution in [0.3, 0.4) is 0 Å². The van der Waals surface area contributed by atoms with Crippen LogP contribution in [0.2, 0.25) is 5.02 Å². The molecule has 0 aliphatic rings. The van der Waals surface area contributed by atoms with Gasteiger partial charge in [0.15, 0.2) is 5.82 Å². The van der Waals surface area contributed by atoms with Crippen LogP contribution in [-0.4, -0.2) is 19.3 Å². The molecule has 0 fully saturated rings. The van der Waals surface area contributed by atoms with Crippen molar-refractivity contribution in [2.45, 2.75) is 13.5 Å². The summed E-state index contributed by atoms with van der Waals surface area (Å²) in [7, 11) is 1.60. The van der Waals surface area contributed by atoms with E-state index < -0.39 is 11.2 Å². The van der Waals surface area contributed by atoms with E-state index in [4.69, 9.17) is 16.1 Å². The molecular weight excluding hydrogens is 344 g/mol. The minimum Gasteiger partial charge on any atom is -0.337 e. The van der Waals surface area contributed by atoms with Gasteiger partial charge in [0.25, 0.3) is 5.56 Å². The standard InChI is InChI=1S/C17H15ClN4O3/c1-11-9-16(23)22(17(24)21(11)2)10-15-19-14(20-25-15)8-5-12-3-6-13(18)7-4-12/h3-9H,10H2,1-2H3/b8-5+. The zero-order valence-electron chi connectivity index (χ0n) is 13.6. The molecule has 0 spiro atoms. The monoisotopic (exact) mass is 358 g/mol. The summed E-state index contributed by atoms with van der Waals surface area (Å²) >= 11 is 5.84. The van der Waals surface area contributed by atoms with E-state index in [1.54, 1.807) is 32.2 Å². The molecule has 25 heavy (non-hydrogen) atoms. The van der Waals surface area contributed by atoms with Crippen molar-refractivity contribution in [1.82, 2.24) is 19.3 Å². The largest absolute Gasteiger partial charge is 0.337 e. The average molecular weight is 359 g/mol. The molecule has 0 aliphatic heterocycles. The Hall–Kier alpha value is -2.93. The lowest BCUT2D eigenvalue weighted by atomic mass is 10.2. The fraction of sp³-hybridized carbons (Fsp3) is 0.176. The van der Waals surface area contributed by atoms with Crippen LogP contribution in [0, 0.1) is 6.92 Å². The van der Waals surface area contributed by atoms with Crippen molar-refractivity contribution in [1.29, 1.82) is 0 Å². The molecule has 0 atom stereocenters. The maximum Gasteiger partial charge on any atom is 0.331 e. The predicted molar refractivity (Wildman–Crippen MR) is 94.5 cm³/mol. The van der Waals surface area contributed by atoms with Gasteiger partial charge in [0.1, 0.15) is 6.54 Å². The summed E-state index contributed by atoms with van der Waals surface area (Å²) in [6, 6.07) is 8.66. The first kappa shape index (κ1) is 16.9. The highest BCUT2D eigenvalue weighted by atomic mass is 35.5. The zero-order valence-corrected chi connectivity index (χ0v) is 14.4. The Morgan fingerprint density at radius 2 is 1.92 bits per heavy atom. The Kier molecular flexibility index (Phi) is 4.67. The second kappa shape index (κ2) is 6.90. The van der Waals surface area contributed by atoms with Gasteiger partial charge in [0, 0.05) is 23.8 Å². The summed E-state index contributed by atoms with van der Waals surface area (Å²) in [6.45, 7) is 1.62. The van der Waals surface area contributed by atoms with Gasteiger partial charge in [-0.15, -0.1) is 0 Å². The van der Waals surface area contributed by atoms with E-state index in [1.807, 2.05) is 18.2 Å². The van der Waals surface area contributed by atoms with E-state index in [0.717, 1.165) is 10.1 Å². The van der Waals surface area contributed by atoms with Crippen LogP contribution < -0.4 is 11.2 Å². The molecule has 0 saturated heterocycles. The second-order valence-corrected chi connectivity index (χ2v) is 5.92. The minimum atomic E-state index is -0.429. The summed E-state index contributed by atoms with van der Waals surface area (Å²) in [6.07, 6.45) is 3.48. The van der Waals surface area contributed by atoms with Gasteiger partial charge in [-0.3, -0.25) is 9.36 Å². The number of aromatic nitrogens is 4. The van der Waals surface area contributed by atoms with Crippen LogP contribution in [0.1, 0.15) is 23.0 Å². The summed E-state index contributed by atoms with van der Waals surface area (Å²) in [5, 5.41) is 4.48. The topological polar surface area (TPSA) is 82.9 Å². The minimum absolute atomic E-state index is 0.0758. The van der Waals surface area contributed by atoms with Crippen LogP contribution in [0.4, 0.5) is 0 Å². The molecule has 7 nitrogen and oxygen atoms in total. The highest BCUT2D eigenvalue weighted by Crippen LogP contribution is 2.12. The molecule has 128 valence electrons. The van der Waals surface area contributed by atoms with Gasteiger partial charge < -0.3 is 9.09 Å². The van der Waals surface area contributed by atoms with E-state index in [1.165, 1.54) is 10.6 Å². The zero-order chi connectivity index (χ0) is 18.0. The maximum absolute atomic E-state index is 12.2. The molecule has 2 aromatic heterocycles. The fourth-order valence-electron chi connectivity index (χ4n) is 2.21. The second-order valence-electron chi connectivity index (χ2n) is 5.48. The van der Waals surface area contributed by atoms with Gasteiger partial charge in [-0.1, -0.05) is 35.0 Å². The molecule has 8 heteroatoms. The Labute approximate surface area is 147 Å². The molecule has 0 radical (unpaired) electrons. The summed E-state index contributed by atoms with van der Waals surface area (Å²) in [5.74, 6) is 0.528. The van der Waals surface area contributed by atoms with Gasteiger partial charge in [-0.25, -0.2) is 4.79 Å². The molecule has 0 unspecified atom stereocenters. The van der Waals surface area contributed by atoms with Crippen LogP contribution in [0.15, 0.2) is 44.4 Å². The first-order chi connectivity index (χ1) is 11.9. The first-order valence-corrected chi connectivity index (χ1v) is 7.85. The molecule has 0 saturated carbocycles. The lowest BCUT2D eigenvalue weighted by molar-refractivity contribution is 0.364. The first-order valence-electron chi connectivity index (χ1n) is 7.48. The van der Waals surface area contributed by atoms with Crippen molar-refractivity contribution < 1.29 is 4.52 Å². The third-order valence-electron chi connectivity index (χ3n) is 3.72. The van der Waals surface area contributed by atoms with E-state index in [0.29, 0.717) is 16.5 Å². The van der Waals surface area contributed by atoms with Crippen LogP contribution in [0.25, 0.3) is 12.2 Å². The highest BCUT2D eigenvalue weighted by molar-refractivity contribution is 6.30. The molecule has 0 amide bonds. The number of nitrogens with zero attached hydrogens (tertiary/aromatic N) is 4. The average Bonchev–Trinajstić information content (AvgIpc) is 3.04. The quantitative estimate of drug-likeness (QED) is 0.713. The van der Waals surface area contributed by atoms with Crippen molar-refractivity contribution >= 4 is 23.8 Å². The lowest BCUT2D eigenvalue weighted by Crippen LogP contribution is -2.39. The van der Waals surface area contributed by atoms with Crippen LogP contribution in [-0.2, 0) is 13.6 Å². The summed E-state index contributed by atoms with van der Waals surface area (Å²) in [4.78, 5) is 28.3. The van der Waals surface area contributed by atoms with Crippen molar-refractivity contribution in [2.75, 3.05) is 0 Å². The fourth-order valence-corrected chi connectivity index (χ4v) is 2.33. The van der Waals surface area contributed by atoms with E-state index >= 15 is 0 Å².